The van der Waals surface area contributed by atoms with Gasteiger partial charge in [0, 0.05) is 37.7 Å². The van der Waals surface area contributed by atoms with E-state index in [2.05, 4.69) is 0 Å². The molecule has 4 nitrogen and oxygen atoms in total. The van der Waals surface area contributed by atoms with E-state index in [0.29, 0.717) is 44.5 Å². The Morgan fingerprint density at radius 1 is 1.32 bits per heavy atom. The maximum atomic E-state index is 13.2. The number of halogens is 1. The van der Waals surface area contributed by atoms with Crippen LogP contribution in [0.25, 0.3) is 0 Å². The zero-order chi connectivity index (χ0) is 13.4. The maximum absolute atomic E-state index is 13.2. The molecule has 19 heavy (non-hydrogen) atoms. The van der Waals surface area contributed by atoms with Gasteiger partial charge in [0.15, 0.2) is 0 Å². The smallest absolute Gasteiger partial charge is 0.250 e. The van der Waals surface area contributed by atoms with Gasteiger partial charge in [-0.2, -0.15) is 0 Å². The third-order valence-electron chi connectivity index (χ3n) is 4.12. The van der Waals surface area contributed by atoms with E-state index in [1.807, 2.05) is 4.90 Å². The van der Waals surface area contributed by atoms with Crippen LogP contribution in [0.15, 0.2) is 23.6 Å². The summed E-state index contributed by atoms with van der Waals surface area (Å²) in [6, 6.07) is 0.162. The summed E-state index contributed by atoms with van der Waals surface area (Å²) in [4.78, 5) is 27.6. The zero-order valence-electron chi connectivity index (χ0n) is 10.8. The molecular formula is C14H17FN2O2. The Bertz CT molecular complexity index is 484. The summed E-state index contributed by atoms with van der Waals surface area (Å²) in [5.41, 5.74) is 0.553. The molecule has 0 unspecified atom stereocenters. The van der Waals surface area contributed by atoms with E-state index in [1.165, 1.54) is 12.2 Å². The zero-order valence-corrected chi connectivity index (χ0v) is 10.8. The quantitative estimate of drug-likeness (QED) is 0.718. The van der Waals surface area contributed by atoms with Crippen LogP contribution in [-0.2, 0) is 9.59 Å². The van der Waals surface area contributed by atoms with Crippen LogP contribution in [0.2, 0.25) is 0 Å². The first kappa shape index (κ1) is 12.4. The van der Waals surface area contributed by atoms with Crippen molar-refractivity contribution in [2.24, 2.45) is 0 Å². The summed E-state index contributed by atoms with van der Waals surface area (Å²) >= 11 is 0. The van der Waals surface area contributed by atoms with E-state index < -0.39 is 0 Å². The largest absolute Gasteiger partial charge is 0.336 e. The van der Waals surface area contributed by atoms with Crippen LogP contribution in [0.3, 0.4) is 0 Å². The van der Waals surface area contributed by atoms with Gasteiger partial charge in [0.05, 0.1) is 0 Å². The number of hydrogen-bond acceptors (Lipinski definition) is 2. The molecule has 2 saturated heterocycles. The van der Waals surface area contributed by atoms with Crippen LogP contribution >= 0.6 is 0 Å². The molecule has 0 N–H and O–H groups in total. The lowest BCUT2D eigenvalue weighted by atomic mass is 10.0. The minimum Gasteiger partial charge on any atom is -0.336 e. The number of carbonyl (C=O) groups is 2. The molecule has 0 saturated carbocycles. The van der Waals surface area contributed by atoms with Gasteiger partial charge in [0.2, 0.25) is 11.8 Å². The number of amides is 2. The molecule has 5 heteroatoms. The van der Waals surface area contributed by atoms with E-state index in [1.54, 1.807) is 4.90 Å². The van der Waals surface area contributed by atoms with Crippen molar-refractivity contribution in [3.05, 3.63) is 23.6 Å². The van der Waals surface area contributed by atoms with Crippen LogP contribution in [0.1, 0.15) is 25.7 Å². The third-order valence-corrected chi connectivity index (χ3v) is 4.12. The molecule has 3 aliphatic rings. The van der Waals surface area contributed by atoms with Crippen molar-refractivity contribution in [2.75, 3.05) is 19.6 Å². The minimum atomic E-state index is -0.315. The van der Waals surface area contributed by atoms with Crippen LogP contribution in [0.5, 0.6) is 0 Å². The van der Waals surface area contributed by atoms with Gasteiger partial charge in [-0.15, -0.1) is 0 Å². The number of piperazine rings is 1. The van der Waals surface area contributed by atoms with Crippen molar-refractivity contribution in [3.8, 4) is 0 Å². The summed E-state index contributed by atoms with van der Waals surface area (Å²) in [7, 11) is 0. The van der Waals surface area contributed by atoms with Gasteiger partial charge in [0.25, 0.3) is 0 Å². The molecule has 102 valence electrons. The predicted molar refractivity (Wildman–Crippen MR) is 67.8 cm³/mol. The second kappa shape index (κ2) is 4.79. The normalized spacial score (nSPS) is 27.0. The maximum Gasteiger partial charge on any atom is 0.250 e. The van der Waals surface area contributed by atoms with Gasteiger partial charge in [-0.25, -0.2) is 4.39 Å². The molecule has 2 aliphatic heterocycles. The highest BCUT2D eigenvalue weighted by Gasteiger charge is 2.37. The Hall–Kier alpha value is -1.65. The Morgan fingerprint density at radius 3 is 2.95 bits per heavy atom. The van der Waals surface area contributed by atoms with E-state index in [4.69, 9.17) is 0 Å². The van der Waals surface area contributed by atoms with Crippen LogP contribution in [-0.4, -0.2) is 47.3 Å². The molecule has 1 atom stereocenters. The molecule has 0 spiro atoms. The van der Waals surface area contributed by atoms with E-state index >= 15 is 0 Å². The van der Waals surface area contributed by atoms with Crippen molar-refractivity contribution in [3.63, 3.8) is 0 Å². The van der Waals surface area contributed by atoms with Gasteiger partial charge in [0.1, 0.15) is 5.83 Å². The summed E-state index contributed by atoms with van der Waals surface area (Å²) in [5.74, 6) is -0.186. The SMILES string of the molecule is O=C(C1=CC(F)=CCC1)N1CCN2C(=O)CC[C@H]2C1. The minimum absolute atomic E-state index is 0.0674. The monoisotopic (exact) mass is 264 g/mol. The van der Waals surface area contributed by atoms with E-state index in [0.717, 1.165) is 6.42 Å². The average molecular weight is 264 g/mol. The van der Waals surface area contributed by atoms with Gasteiger partial charge < -0.3 is 9.80 Å². The van der Waals surface area contributed by atoms with Crippen molar-refractivity contribution in [1.82, 2.24) is 9.80 Å². The van der Waals surface area contributed by atoms with Gasteiger partial charge in [-0.3, -0.25) is 9.59 Å². The lowest BCUT2D eigenvalue weighted by molar-refractivity contribution is -0.136. The number of hydrogen-bond donors (Lipinski definition) is 0. The fourth-order valence-corrected chi connectivity index (χ4v) is 3.08. The molecule has 0 aromatic heterocycles. The number of fused-ring (bicyclic) bond motifs is 1. The molecule has 1 aliphatic carbocycles. The lowest BCUT2D eigenvalue weighted by Gasteiger charge is -2.38. The van der Waals surface area contributed by atoms with Gasteiger partial charge >= 0.3 is 0 Å². The van der Waals surface area contributed by atoms with Crippen molar-refractivity contribution in [2.45, 2.75) is 31.7 Å². The average Bonchev–Trinajstić information content (AvgIpc) is 2.79. The number of carbonyl (C=O) groups excluding carboxylic acids is 2. The first-order valence-electron chi connectivity index (χ1n) is 6.80. The molecule has 3 rings (SSSR count). The fraction of sp³-hybridized carbons (Fsp3) is 0.571. The molecule has 2 amide bonds. The number of nitrogens with zero attached hydrogens (tertiary/aromatic N) is 2. The highest BCUT2D eigenvalue weighted by atomic mass is 19.1. The Morgan fingerprint density at radius 2 is 2.16 bits per heavy atom. The van der Waals surface area contributed by atoms with E-state index in [9.17, 15) is 14.0 Å². The highest BCUT2D eigenvalue weighted by Crippen LogP contribution is 2.25. The summed E-state index contributed by atoms with van der Waals surface area (Å²) in [6.45, 7) is 1.76. The predicted octanol–water partition coefficient (Wildman–Crippen LogP) is 1.39. The second-order valence-electron chi connectivity index (χ2n) is 5.33. The van der Waals surface area contributed by atoms with Crippen LogP contribution < -0.4 is 0 Å². The Balaban J connectivity index is 1.69. The summed E-state index contributed by atoms with van der Waals surface area (Å²) < 4.78 is 13.2. The molecule has 2 fully saturated rings. The van der Waals surface area contributed by atoms with Crippen molar-refractivity contribution in [1.29, 1.82) is 0 Å². The molecular weight excluding hydrogens is 247 g/mol. The second-order valence-corrected chi connectivity index (χ2v) is 5.33. The Labute approximate surface area is 111 Å². The van der Waals surface area contributed by atoms with Crippen molar-refractivity contribution < 1.29 is 14.0 Å². The molecule has 0 aromatic carbocycles. The summed E-state index contributed by atoms with van der Waals surface area (Å²) in [6.07, 6.45) is 5.46. The van der Waals surface area contributed by atoms with E-state index in [-0.39, 0.29) is 23.7 Å². The van der Waals surface area contributed by atoms with Gasteiger partial charge in [-0.1, -0.05) is 0 Å². The first-order chi connectivity index (χ1) is 9.15. The fourth-order valence-electron chi connectivity index (χ4n) is 3.08. The van der Waals surface area contributed by atoms with Crippen molar-refractivity contribution >= 4 is 11.8 Å². The topological polar surface area (TPSA) is 40.6 Å². The van der Waals surface area contributed by atoms with Crippen LogP contribution in [0, 0.1) is 0 Å². The highest BCUT2D eigenvalue weighted by molar-refractivity contribution is 5.94. The first-order valence-corrected chi connectivity index (χ1v) is 6.80. The molecule has 0 radical (unpaired) electrons. The van der Waals surface area contributed by atoms with Gasteiger partial charge in [-0.05, 0) is 31.4 Å². The standard InChI is InChI=1S/C14H17FN2O2/c15-11-3-1-2-10(8-11)14(19)16-6-7-17-12(9-16)4-5-13(17)18/h3,8,12H,1-2,4-7,9H2/t12-/m0/s1. The third kappa shape index (κ3) is 2.29. The molecule has 0 bridgehead atoms. The number of rotatable bonds is 1. The molecule has 2 heterocycles. The van der Waals surface area contributed by atoms with Crippen LogP contribution in [0.4, 0.5) is 4.39 Å². The molecule has 0 aromatic rings. The summed E-state index contributed by atoms with van der Waals surface area (Å²) in [5, 5.41) is 0. The lowest BCUT2D eigenvalue weighted by Crippen LogP contribution is -2.53. The Kier molecular flexibility index (Phi) is 3.12. The number of allylic oxidation sites excluding steroid dienone is 3.